The molecule has 11 nitrogen and oxygen atoms in total. The van der Waals surface area contributed by atoms with E-state index in [0.717, 1.165) is 17.2 Å². The molecule has 0 amide bonds. The normalized spacial score (nSPS) is 12.1. The molecule has 0 aliphatic heterocycles. The number of nitro groups is 1. The summed E-state index contributed by atoms with van der Waals surface area (Å²) in [5.41, 5.74) is 1.23. The highest BCUT2D eigenvalue weighted by Gasteiger charge is 2.21. The van der Waals surface area contributed by atoms with Crippen LogP contribution in [0.5, 0.6) is 0 Å². The molecule has 0 aliphatic carbocycles. The molecular formula is C27H20N4O7S2. The molecule has 0 spiro atoms. The minimum absolute atomic E-state index is 0.135. The van der Waals surface area contributed by atoms with Crippen molar-refractivity contribution >= 4 is 48.9 Å². The Morgan fingerprint density at radius 1 is 1.07 bits per heavy atom. The van der Waals surface area contributed by atoms with Crippen LogP contribution in [0.2, 0.25) is 0 Å². The van der Waals surface area contributed by atoms with Crippen molar-refractivity contribution in [1.82, 2.24) is 9.97 Å². The highest BCUT2D eigenvalue weighted by molar-refractivity contribution is 7.92. The lowest BCUT2D eigenvalue weighted by Gasteiger charge is -2.13. The van der Waals surface area contributed by atoms with Crippen LogP contribution in [-0.2, 0) is 14.8 Å². The smallest absolute Gasteiger partial charge is 0.338 e. The average molecular weight is 577 g/mol. The molecule has 0 radical (unpaired) electrons. The Labute approximate surface area is 231 Å². The molecule has 40 heavy (non-hydrogen) atoms. The Kier molecular flexibility index (Phi) is 7.15. The van der Waals surface area contributed by atoms with Crippen LogP contribution in [-0.4, -0.2) is 29.3 Å². The Bertz CT molecular complexity index is 1900. The van der Waals surface area contributed by atoms with Crippen LogP contribution in [0.25, 0.3) is 21.3 Å². The SMILES string of the molecule is C[C@@H](OC(=O)c1ccc(NS(=O)(=O)c2cccc([N+](=O)[O-])c2)cc1)c1nc2scc(-c3ccccc3)c2c(=O)[nH]1. The van der Waals surface area contributed by atoms with Gasteiger partial charge in [-0.05, 0) is 42.8 Å². The number of anilines is 1. The van der Waals surface area contributed by atoms with Crippen molar-refractivity contribution in [2.24, 2.45) is 0 Å². The lowest BCUT2D eigenvalue weighted by molar-refractivity contribution is -0.385. The van der Waals surface area contributed by atoms with Crippen molar-refractivity contribution in [3.05, 3.63) is 116 Å². The first-order valence-electron chi connectivity index (χ1n) is 11.8. The maximum Gasteiger partial charge on any atom is 0.338 e. The standard InChI is InChI=1S/C27H20N4O7S2/c1-16(24-28-25(32)23-22(15-39-26(23)29-24)17-6-3-2-4-7-17)38-27(33)18-10-12-19(13-11-18)30-40(36,37)21-9-5-8-20(14-21)31(34)35/h2-16,30H,1H3,(H,28,29,32)/t16-/m1/s1. The van der Waals surface area contributed by atoms with Gasteiger partial charge in [0.2, 0.25) is 0 Å². The molecule has 5 aromatic rings. The number of hydrogen-bond donors (Lipinski definition) is 2. The van der Waals surface area contributed by atoms with Gasteiger partial charge >= 0.3 is 5.97 Å². The third-order valence-corrected chi connectivity index (χ3v) is 8.18. The Balaban J connectivity index is 1.29. The first-order valence-corrected chi connectivity index (χ1v) is 14.1. The van der Waals surface area contributed by atoms with Crippen LogP contribution in [0.1, 0.15) is 29.2 Å². The molecule has 0 unspecified atom stereocenters. The number of ether oxygens (including phenoxy) is 1. The molecule has 0 saturated heterocycles. The number of thiophene rings is 1. The second-order valence-corrected chi connectivity index (χ2v) is 11.2. The summed E-state index contributed by atoms with van der Waals surface area (Å²) in [7, 11) is -4.11. The van der Waals surface area contributed by atoms with Gasteiger partial charge in [-0.1, -0.05) is 36.4 Å². The molecule has 1 atom stereocenters. The number of nitro benzene ring substituents is 1. The van der Waals surface area contributed by atoms with E-state index in [1.165, 1.54) is 53.8 Å². The van der Waals surface area contributed by atoms with E-state index in [4.69, 9.17) is 4.74 Å². The average Bonchev–Trinajstić information content (AvgIpc) is 3.38. The van der Waals surface area contributed by atoms with Crippen LogP contribution in [0, 0.1) is 10.1 Å². The predicted octanol–water partition coefficient (Wildman–Crippen LogP) is 5.28. The number of benzene rings is 3. The molecule has 0 fully saturated rings. The zero-order chi connectivity index (χ0) is 28.4. The highest BCUT2D eigenvalue weighted by Crippen LogP contribution is 2.31. The second kappa shape index (κ2) is 10.7. The van der Waals surface area contributed by atoms with Gasteiger partial charge in [-0.3, -0.25) is 19.6 Å². The number of non-ortho nitro benzene ring substituents is 1. The zero-order valence-corrected chi connectivity index (χ0v) is 22.4. The van der Waals surface area contributed by atoms with Crippen LogP contribution >= 0.6 is 11.3 Å². The molecule has 5 rings (SSSR count). The minimum atomic E-state index is -4.11. The summed E-state index contributed by atoms with van der Waals surface area (Å²) in [6, 6.07) is 19.6. The number of aromatic amines is 1. The van der Waals surface area contributed by atoms with E-state index in [0.29, 0.717) is 10.2 Å². The van der Waals surface area contributed by atoms with Gasteiger partial charge in [0.05, 0.1) is 20.8 Å². The van der Waals surface area contributed by atoms with E-state index < -0.39 is 27.0 Å². The van der Waals surface area contributed by atoms with Crippen molar-refractivity contribution in [3.63, 3.8) is 0 Å². The fraction of sp³-hybridized carbons (Fsp3) is 0.0741. The van der Waals surface area contributed by atoms with E-state index in [9.17, 15) is 28.1 Å². The van der Waals surface area contributed by atoms with Gasteiger partial charge in [-0.25, -0.2) is 18.2 Å². The van der Waals surface area contributed by atoms with E-state index >= 15 is 0 Å². The van der Waals surface area contributed by atoms with Crippen molar-refractivity contribution in [2.75, 3.05) is 4.72 Å². The number of hydrogen-bond acceptors (Lipinski definition) is 9. The third kappa shape index (κ3) is 5.46. The van der Waals surface area contributed by atoms with Crippen molar-refractivity contribution in [1.29, 1.82) is 0 Å². The molecule has 202 valence electrons. The molecule has 0 aliphatic rings. The lowest BCUT2D eigenvalue weighted by Crippen LogP contribution is -2.17. The number of H-pyrrole nitrogens is 1. The third-order valence-electron chi connectivity index (χ3n) is 5.93. The molecule has 0 saturated carbocycles. The lowest BCUT2D eigenvalue weighted by atomic mass is 10.1. The largest absolute Gasteiger partial charge is 0.451 e. The predicted molar refractivity (Wildman–Crippen MR) is 150 cm³/mol. The van der Waals surface area contributed by atoms with Gasteiger partial charge in [0.25, 0.3) is 21.3 Å². The van der Waals surface area contributed by atoms with Gasteiger partial charge in [-0.15, -0.1) is 11.3 Å². The number of fused-ring (bicyclic) bond motifs is 1. The van der Waals surface area contributed by atoms with E-state index in [-0.39, 0.29) is 33.2 Å². The topological polar surface area (TPSA) is 161 Å². The van der Waals surface area contributed by atoms with Crippen LogP contribution in [0.4, 0.5) is 11.4 Å². The number of aromatic nitrogens is 2. The maximum atomic E-state index is 12.9. The summed E-state index contributed by atoms with van der Waals surface area (Å²) in [5.74, 6) is -0.520. The second-order valence-electron chi connectivity index (χ2n) is 8.63. The summed E-state index contributed by atoms with van der Waals surface area (Å²) < 4.78 is 33.1. The molecule has 0 bridgehead atoms. The van der Waals surface area contributed by atoms with E-state index in [1.807, 2.05) is 35.7 Å². The highest BCUT2D eigenvalue weighted by atomic mass is 32.2. The summed E-state index contributed by atoms with van der Waals surface area (Å²) in [4.78, 5) is 43.4. The van der Waals surface area contributed by atoms with E-state index in [2.05, 4.69) is 14.7 Å². The number of esters is 1. The van der Waals surface area contributed by atoms with Crippen molar-refractivity contribution in [2.45, 2.75) is 17.9 Å². The van der Waals surface area contributed by atoms with Gasteiger partial charge in [-0.2, -0.15) is 0 Å². The number of carbonyl (C=O) groups is 1. The molecule has 2 N–H and O–H groups in total. The van der Waals surface area contributed by atoms with Crippen LogP contribution in [0.15, 0.2) is 93.9 Å². The molecule has 2 heterocycles. The summed E-state index contributed by atoms with van der Waals surface area (Å²) in [6.45, 7) is 1.58. The number of rotatable bonds is 8. The number of nitrogens with one attached hydrogen (secondary N) is 2. The fourth-order valence-electron chi connectivity index (χ4n) is 3.93. The molecule has 3 aromatic carbocycles. The minimum Gasteiger partial charge on any atom is -0.451 e. The zero-order valence-electron chi connectivity index (χ0n) is 20.7. The van der Waals surface area contributed by atoms with Crippen molar-refractivity contribution < 1.29 is 22.9 Å². The number of nitrogens with zero attached hydrogens (tertiary/aromatic N) is 2. The van der Waals surface area contributed by atoms with Gasteiger partial charge in [0.1, 0.15) is 4.83 Å². The fourth-order valence-corrected chi connectivity index (χ4v) is 5.98. The van der Waals surface area contributed by atoms with Crippen LogP contribution < -0.4 is 10.3 Å². The molecule has 13 heteroatoms. The Hall–Kier alpha value is -4.88. The summed E-state index contributed by atoms with van der Waals surface area (Å²) >= 11 is 1.32. The first-order chi connectivity index (χ1) is 19.1. The first kappa shape index (κ1) is 26.7. The van der Waals surface area contributed by atoms with E-state index in [1.54, 1.807) is 6.92 Å². The Morgan fingerprint density at radius 2 is 1.80 bits per heavy atom. The summed E-state index contributed by atoms with van der Waals surface area (Å²) in [6.07, 6.45) is -0.876. The maximum absolute atomic E-state index is 12.9. The quantitative estimate of drug-likeness (QED) is 0.143. The van der Waals surface area contributed by atoms with Crippen LogP contribution in [0.3, 0.4) is 0 Å². The van der Waals surface area contributed by atoms with Crippen molar-refractivity contribution in [3.8, 4) is 11.1 Å². The number of carbonyl (C=O) groups excluding carboxylic acids is 1. The van der Waals surface area contributed by atoms with Gasteiger partial charge < -0.3 is 9.72 Å². The summed E-state index contributed by atoms with van der Waals surface area (Å²) in [5, 5.41) is 13.3. The Morgan fingerprint density at radius 3 is 2.50 bits per heavy atom. The number of sulfonamides is 1. The monoisotopic (exact) mass is 576 g/mol. The molecular weight excluding hydrogens is 556 g/mol. The van der Waals surface area contributed by atoms with Gasteiger partial charge in [0.15, 0.2) is 11.9 Å². The van der Waals surface area contributed by atoms with Gasteiger partial charge in [0, 0.05) is 28.8 Å². The molecule has 2 aromatic heterocycles.